The zero-order valence-corrected chi connectivity index (χ0v) is 8.46. The number of aromatic nitrogens is 3. The molecule has 0 aliphatic rings. The number of pyridine rings is 1. The second-order valence-electron chi connectivity index (χ2n) is 3.37. The second-order valence-corrected chi connectivity index (χ2v) is 3.37. The van der Waals surface area contributed by atoms with Gasteiger partial charge in [0.1, 0.15) is 0 Å². The summed E-state index contributed by atoms with van der Waals surface area (Å²) in [6.45, 7) is 1.92. The zero-order chi connectivity index (χ0) is 10.7. The van der Waals surface area contributed by atoms with Gasteiger partial charge in [0.05, 0.1) is 0 Å². The maximum Gasteiger partial charge on any atom is 0.160 e. The number of nitrogens with two attached hydrogens (primary N) is 1. The predicted molar refractivity (Wildman–Crippen MR) is 57.9 cm³/mol. The molecule has 0 bridgehead atoms. The lowest BCUT2D eigenvalue weighted by Crippen LogP contribution is -2.05. The van der Waals surface area contributed by atoms with Gasteiger partial charge in [0.25, 0.3) is 0 Å². The highest BCUT2D eigenvalue weighted by molar-refractivity contribution is 5.54. The number of nitrogens with zero attached hydrogens (tertiary/aromatic N) is 3. The summed E-state index contributed by atoms with van der Waals surface area (Å²) >= 11 is 0. The summed E-state index contributed by atoms with van der Waals surface area (Å²) in [4.78, 5) is 12.4. The Hall–Kier alpha value is -1.81. The molecule has 4 nitrogen and oxygen atoms in total. The van der Waals surface area contributed by atoms with Gasteiger partial charge in [-0.2, -0.15) is 0 Å². The summed E-state index contributed by atoms with van der Waals surface area (Å²) in [6, 6.07) is 3.72. The summed E-state index contributed by atoms with van der Waals surface area (Å²) in [7, 11) is 0. The van der Waals surface area contributed by atoms with E-state index in [1.54, 1.807) is 30.9 Å². The third kappa shape index (κ3) is 2.16. The van der Waals surface area contributed by atoms with Gasteiger partial charge in [0, 0.05) is 36.4 Å². The maximum absolute atomic E-state index is 5.78. The highest BCUT2D eigenvalue weighted by atomic mass is 14.9. The second kappa shape index (κ2) is 4.14. The van der Waals surface area contributed by atoms with E-state index in [0.717, 1.165) is 11.1 Å². The standard InChI is InChI=1S/C11H12N4/c1-8(12)9-5-10(7-13-6-9)11-14-3-2-4-15-11/h2-8H,12H2,1H3. The minimum absolute atomic E-state index is 0.0267. The molecule has 4 heteroatoms. The van der Waals surface area contributed by atoms with Crippen molar-refractivity contribution in [3.8, 4) is 11.4 Å². The third-order valence-corrected chi connectivity index (χ3v) is 2.11. The van der Waals surface area contributed by atoms with Gasteiger partial charge >= 0.3 is 0 Å². The van der Waals surface area contributed by atoms with Crippen LogP contribution < -0.4 is 5.73 Å². The van der Waals surface area contributed by atoms with Crippen molar-refractivity contribution >= 4 is 0 Å². The smallest absolute Gasteiger partial charge is 0.160 e. The minimum Gasteiger partial charge on any atom is -0.324 e. The van der Waals surface area contributed by atoms with Crippen LogP contribution in [0.15, 0.2) is 36.9 Å². The van der Waals surface area contributed by atoms with Gasteiger partial charge in [-0.15, -0.1) is 0 Å². The highest BCUT2D eigenvalue weighted by Crippen LogP contribution is 2.16. The summed E-state index contributed by atoms with van der Waals surface area (Å²) < 4.78 is 0. The first-order valence-corrected chi connectivity index (χ1v) is 4.75. The molecule has 2 heterocycles. The van der Waals surface area contributed by atoms with Crippen LogP contribution in [-0.4, -0.2) is 15.0 Å². The van der Waals surface area contributed by atoms with Crippen LogP contribution >= 0.6 is 0 Å². The molecule has 2 rings (SSSR count). The van der Waals surface area contributed by atoms with E-state index < -0.39 is 0 Å². The maximum atomic E-state index is 5.78. The average molecular weight is 200 g/mol. The quantitative estimate of drug-likeness (QED) is 0.799. The van der Waals surface area contributed by atoms with E-state index in [2.05, 4.69) is 15.0 Å². The van der Waals surface area contributed by atoms with Gasteiger partial charge in [0.2, 0.25) is 0 Å². The minimum atomic E-state index is -0.0267. The summed E-state index contributed by atoms with van der Waals surface area (Å²) in [5.41, 5.74) is 7.66. The van der Waals surface area contributed by atoms with Gasteiger partial charge in [-0.25, -0.2) is 9.97 Å². The molecule has 0 radical (unpaired) electrons. The highest BCUT2D eigenvalue weighted by Gasteiger charge is 2.04. The van der Waals surface area contributed by atoms with E-state index in [1.165, 1.54) is 0 Å². The molecule has 2 aromatic heterocycles. The van der Waals surface area contributed by atoms with E-state index in [-0.39, 0.29) is 6.04 Å². The van der Waals surface area contributed by atoms with Crippen LogP contribution in [-0.2, 0) is 0 Å². The van der Waals surface area contributed by atoms with Crippen molar-refractivity contribution in [2.75, 3.05) is 0 Å². The number of rotatable bonds is 2. The first-order valence-electron chi connectivity index (χ1n) is 4.75. The van der Waals surface area contributed by atoms with E-state index in [1.807, 2.05) is 13.0 Å². The number of hydrogen-bond donors (Lipinski definition) is 1. The van der Waals surface area contributed by atoms with Crippen LogP contribution in [0.5, 0.6) is 0 Å². The summed E-state index contributed by atoms with van der Waals surface area (Å²) in [5, 5.41) is 0. The molecule has 0 aliphatic heterocycles. The van der Waals surface area contributed by atoms with Crippen LogP contribution in [0.2, 0.25) is 0 Å². The Bertz CT molecular complexity index is 439. The molecule has 0 aromatic carbocycles. The molecule has 0 spiro atoms. The van der Waals surface area contributed by atoms with Crippen molar-refractivity contribution in [2.45, 2.75) is 13.0 Å². The monoisotopic (exact) mass is 200 g/mol. The molecule has 1 unspecified atom stereocenters. The fourth-order valence-corrected chi connectivity index (χ4v) is 1.28. The first kappa shape index (κ1) is 9.73. The fraction of sp³-hybridized carbons (Fsp3) is 0.182. The summed E-state index contributed by atoms with van der Waals surface area (Å²) in [5.74, 6) is 0.674. The van der Waals surface area contributed by atoms with Gasteiger partial charge in [-0.3, -0.25) is 4.98 Å². The van der Waals surface area contributed by atoms with E-state index in [0.29, 0.717) is 5.82 Å². The van der Waals surface area contributed by atoms with Gasteiger partial charge in [0.15, 0.2) is 5.82 Å². The molecule has 15 heavy (non-hydrogen) atoms. The van der Waals surface area contributed by atoms with Gasteiger partial charge in [-0.05, 0) is 24.6 Å². The van der Waals surface area contributed by atoms with E-state index >= 15 is 0 Å². The SMILES string of the molecule is CC(N)c1cncc(-c2ncccn2)c1. The fourth-order valence-electron chi connectivity index (χ4n) is 1.28. The Morgan fingerprint density at radius 2 is 1.93 bits per heavy atom. The number of hydrogen-bond acceptors (Lipinski definition) is 4. The molecule has 2 aromatic rings. The molecular formula is C11H12N4. The van der Waals surface area contributed by atoms with Crippen LogP contribution in [0.3, 0.4) is 0 Å². The van der Waals surface area contributed by atoms with Crippen molar-refractivity contribution in [2.24, 2.45) is 5.73 Å². The van der Waals surface area contributed by atoms with Crippen molar-refractivity contribution < 1.29 is 0 Å². The zero-order valence-electron chi connectivity index (χ0n) is 8.46. The summed E-state index contributed by atoms with van der Waals surface area (Å²) in [6.07, 6.45) is 6.92. The molecule has 0 saturated carbocycles. The predicted octanol–water partition coefficient (Wildman–Crippen LogP) is 1.56. The van der Waals surface area contributed by atoms with Crippen molar-refractivity contribution in [1.82, 2.24) is 15.0 Å². The topological polar surface area (TPSA) is 64.7 Å². The molecule has 0 saturated heterocycles. The average Bonchev–Trinajstić information content (AvgIpc) is 2.30. The van der Waals surface area contributed by atoms with Crippen LogP contribution in [0.1, 0.15) is 18.5 Å². The Kier molecular flexibility index (Phi) is 2.69. The molecular weight excluding hydrogens is 188 g/mol. The largest absolute Gasteiger partial charge is 0.324 e. The molecule has 0 aliphatic carbocycles. The van der Waals surface area contributed by atoms with Crippen molar-refractivity contribution in [3.63, 3.8) is 0 Å². The van der Waals surface area contributed by atoms with E-state index in [9.17, 15) is 0 Å². The Morgan fingerprint density at radius 1 is 1.20 bits per heavy atom. The normalized spacial score (nSPS) is 12.4. The van der Waals surface area contributed by atoms with Crippen LogP contribution in [0.25, 0.3) is 11.4 Å². The van der Waals surface area contributed by atoms with Crippen LogP contribution in [0.4, 0.5) is 0 Å². The molecule has 1 atom stereocenters. The third-order valence-electron chi connectivity index (χ3n) is 2.11. The molecule has 76 valence electrons. The lowest BCUT2D eigenvalue weighted by Gasteiger charge is -2.06. The first-order chi connectivity index (χ1) is 7.27. The molecule has 2 N–H and O–H groups in total. The van der Waals surface area contributed by atoms with Crippen molar-refractivity contribution in [1.29, 1.82) is 0 Å². The van der Waals surface area contributed by atoms with Crippen molar-refractivity contribution in [3.05, 3.63) is 42.5 Å². The lowest BCUT2D eigenvalue weighted by atomic mass is 10.1. The lowest BCUT2D eigenvalue weighted by molar-refractivity contribution is 0.812. The Morgan fingerprint density at radius 3 is 2.60 bits per heavy atom. The van der Waals surface area contributed by atoms with Crippen LogP contribution in [0, 0.1) is 0 Å². The Labute approximate surface area is 88.2 Å². The molecule has 0 fully saturated rings. The molecule has 0 amide bonds. The van der Waals surface area contributed by atoms with E-state index in [4.69, 9.17) is 5.73 Å². The Balaban J connectivity index is 2.42. The van der Waals surface area contributed by atoms with Gasteiger partial charge in [-0.1, -0.05) is 0 Å². The van der Waals surface area contributed by atoms with Gasteiger partial charge < -0.3 is 5.73 Å².